The average molecular weight is 448 g/mol. The van der Waals surface area contributed by atoms with Gasteiger partial charge in [0.25, 0.3) is 11.8 Å². The Morgan fingerprint density at radius 3 is 2.43 bits per heavy atom. The molecule has 2 fully saturated rings. The van der Waals surface area contributed by atoms with Crippen molar-refractivity contribution in [3.05, 3.63) is 44.4 Å². The Kier molecular flexibility index (Phi) is 4.37. The molecule has 2 amide bonds. The van der Waals surface area contributed by atoms with Crippen LogP contribution < -0.4 is 4.74 Å². The van der Waals surface area contributed by atoms with Crippen molar-refractivity contribution in [2.75, 3.05) is 0 Å². The highest BCUT2D eigenvalue weighted by Gasteiger charge is 2.59. The van der Waals surface area contributed by atoms with Crippen molar-refractivity contribution in [1.29, 1.82) is 0 Å². The number of hydrazone groups is 1. The van der Waals surface area contributed by atoms with Crippen molar-refractivity contribution >= 4 is 45.6 Å². The van der Waals surface area contributed by atoms with Crippen molar-refractivity contribution in [3.63, 3.8) is 0 Å². The summed E-state index contributed by atoms with van der Waals surface area (Å²) in [5.74, 6) is -2.19. The summed E-state index contributed by atoms with van der Waals surface area (Å²) in [6, 6.07) is 2.61. The van der Waals surface area contributed by atoms with E-state index in [1.807, 2.05) is 12.2 Å². The number of esters is 1. The van der Waals surface area contributed by atoms with E-state index in [9.17, 15) is 24.5 Å². The molecule has 1 saturated heterocycles. The molecular weight excluding hydrogens is 434 g/mol. The highest BCUT2D eigenvalue weighted by Crippen LogP contribution is 2.52. The molecule has 4 atom stereocenters. The van der Waals surface area contributed by atoms with Gasteiger partial charge >= 0.3 is 11.7 Å². The number of carbonyl (C=O) groups is 3. The average Bonchev–Trinajstić information content (AvgIpc) is 3.29. The van der Waals surface area contributed by atoms with Crippen LogP contribution in [0, 0.1) is 33.8 Å². The maximum atomic E-state index is 12.6. The lowest BCUT2D eigenvalue weighted by Crippen LogP contribution is -2.28. The molecule has 0 N–H and O–H groups in total. The molecule has 4 unspecified atom stereocenters. The number of ether oxygens (including phenoxy) is 1. The quantitative estimate of drug-likeness (QED) is 0.133. The minimum Gasteiger partial charge on any atom is -0.418 e. The monoisotopic (exact) mass is 447 g/mol. The zero-order valence-electron chi connectivity index (χ0n) is 14.6. The summed E-state index contributed by atoms with van der Waals surface area (Å²) in [4.78, 5) is 47.0. The first-order chi connectivity index (χ1) is 13.3. The summed E-state index contributed by atoms with van der Waals surface area (Å²) in [5.41, 5.74) is -0.169. The van der Waals surface area contributed by atoms with E-state index in [1.54, 1.807) is 0 Å². The first kappa shape index (κ1) is 18.5. The molecule has 2 aliphatic carbocycles. The van der Waals surface area contributed by atoms with E-state index in [1.165, 1.54) is 12.3 Å². The number of halogens is 1. The minimum atomic E-state index is -0.701. The molecule has 1 aromatic rings. The number of benzene rings is 1. The van der Waals surface area contributed by atoms with Gasteiger partial charge in [0.05, 0.1) is 27.4 Å². The van der Waals surface area contributed by atoms with Gasteiger partial charge in [-0.3, -0.25) is 24.5 Å². The van der Waals surface area contributed by atoms with Gasteiger partial charge in [0.1, 0.15) is 0 Å². The van der Waals surface area contributed by atoms with E-state index >= 15 is 0 Å². The van der Waals surface area contributed by atoms with Crippen LogP contribution in [-0.2, 0) is 14.4 Å². The van der Waals surface area contributed by atoms with Crippen LogP contribution in [0.3, 0.4) is 0 Å². The number of nitro benzene ring substituents is 1. The molecule has 0 radical (unpaired) electrons. The van der Waals surface area contributed by atoms with E-state index < -0.39 is 16.6 Å². The number of hydrogen-bond acceptors (Lipinski definition) is 7. The van der Waals surface area contributed by atoms with Gasteiger partial charge in [0, 0.05) is 18.6 Å². The third-order valence-electron chi connectivity index (χ3n) is 5.26. The van der Waals surface area contributed by atoms with Crippen LogP contribution in [-0.4, -0.2) is 33.9 Å². The molecular formula is C18H14BrN3O6. The number of amides is 2. The van der Waals surface area contributed by atoms with Crippen LogP contribution in [0.15, 0.2) is 33.9 Å². The van der Waals surface area contributed by atoms with Gasteiger partial charge in [-0.05, 0) is 40.3 Å². The van der Waals surface area contributed by atoms with Crippen molar-refractivity contribution in [1.82, 2.24) is 5.01 Å². The lowest BCUT2D eigenvalue weighted by atomic mass is 9.85. The lowest BCUT2D eigenvalue weighted by molar-refractivity contribution is -0.385. The third kappa shape index (κ3) is 2.84. The second-order valence-corrected chi connectivity index (χ2v) is 7.79. The van der Waals surface area contributed by atoms with Gasteiger partial charge < -0.3 is 4.74 Å². The fourth-order valence-corrected chi connectivity index (χ4v) is 4.73. The standard InChI is InChI=1S/C18H14BrN3O6/c1-8(23)28-16-12(19)4-9(5-13(16)22(26)27)7-20-21-17(24)14-10-2-3-11(6-10)15(14)18(21)25/h2-5,7,10-11,14-15H,6H2,1H3. The molecule has 1 aromatic carbocycles. The molecule has 1 aliphatic heterocycles. The van der Waals surface area contributed by atoms with Crippen LogP contribution in [0.5, 0.6) is 5.75 Å². The second kappa shape index (κ2) is 6.62. The molecule has 28 heavy (non-hydrogen) atoms. The van der Waals surface area contributed by atoms with Gasteiger partial charge in [-0.1, -0.05) is 12.2 Å². The number of carbonyl (C=O) groups excluding carboxylic acids is 3. The van der Waals surface area contributed by atoms with Gasteiger partial charge in [0.2, 0.25) is 5.75 Å². The Morgan fingerprint density at radius 2 is 1.89 bits per heavy atom. The van der Waals surface area contributed by atoms with E-state index in [0.717, 1.165) is 24.4 Å². The fraction of sp³-hybridized carbons (Fsp3) is 0.333. The number of hydrogen-bond donors (Lipinski definition) is 0. The molecule has 4 rings (SSSR count). The van der Waals surface area contributed by atoms with Gasteiger partial charge in [-0.15, -0.1) is 0 Å². The van der Waals surface area contributed by atoms with Gasteiger partial charge in [-0.25, -0.2) is 0 Å². The molecule has 144 valence electrons. The van der Waals surface area contributed by atoms with Crippen LogP contribution in [0.1, 0.15) is 18.9 Å². The van der Waals surface area contributed by atoms with Crippen LogP contribution in [0.4, 0.5) is 5.69 Å². The van der Waals surface area contributed by atoms with Crippen LogP contribution in [0.2, 0.25) is 0 Å². The third-order valence-corrected chi connectivity index (χ3v) is 5.85. The number of nitrogens with zero attached hydrogens (tertiary/aromatic N) is 3. The number of fused-ring (bicyclic) bond motifs is 5. The Balaban J connectivity index is 1.62. The van der Waals surface area contributed by atoms with E-state index in [4.69, 9.17) is 4.74 Å². The maximum Gasteiger partial charge on any atom is 0.313 e. The molecule has 10 heteroatoms. The SMILES string of the molecule is CC(=O)Oc1c(Br)cc(C=NN2C(=O)C3C4C=CC(C4)C3C2=O)cc1[N+](=O)[O-]. The summed E-state index contributed by atoms with van der Waals surface area (Å²) in [7, 11) is 0. The van der Waals surface area contributed by atoms with Crippen molar-refractivity contribution in [3.8, 4) is 5.75 Å². The molecule has 1 saturated carbocycles. The van der Waals surface area contributed by atoms with E-state index in [-0.39, 0.29) is 51.3 Å². The first-order valence-electron chi connectivity index (χ1n) is 8.54. The maximum absolute atomic E-state index is 12.6. The molecule has 1 heterocycles. The fourth-order valence-electron chi connectivity index (χ4n) is 4.18. The summed E-state index contributed by atoms with van der Waals surface area (Å²) < 4.78 is 5.07. The van der Waals surface area contributed by atoms with E-state index in [2.05, 4.69) is 21.0 Å². The number of allylic oxidation sites excluding steroid dienone is 2. The van der Waals surface area contributed by atoms with Crippen molar-refractivity contribution < 1.29 is 24.0 Å². The highest BCUT2D eigenvalue weighted by molar-refractivity contribution is 9.10. The molecule has 0 aromatic heterocycles. The first-order valence-corrected chi connectivity index (χ1v) is 9.33. The molecule has 0 spiro atoms. The van der Waals surface area contributed by atoms with Crippen molar-refractivity contribution in [2.45, 2.75) is 13.3 Å². The van der Waals surface area contributed by atoms with Gasteiger partial charge in [0.15, 0.2) is 0 Å². The highest BCUT2D eigenvalue weighted by atomic mass is 79.9. The normalized spacial score (nSPS) is 27.7. The summed E-state index contributed by atoms with van der Waals surface area (Å²) in [6.07, 6.45) is 6.00. The molecule has 2 bridgehead atoms. The van der Waals surface area contributed by atoms with Crippen LogP contribution in [0.25, 0.3) is 0 Å². The lowest BCUT2D eigenvalue weighted by Gasteiger charge is -2.13. The zero-order valence-corrected chi connectivity index (χ0v) is 16.2. The molecule has 3 aliphatic rings. The predicted molar refractivity (Wildman–Crippen MR) is 99.3 cm³/mol. The Bertz CT molecular complexity index is 958. The number of nitro groups is 1. The van der Waals surface area contributed by atoms with Crippen molar-refractivity contribution in [2.24, 2.45) is 28.8 Å². The summed E-state index contributed by atoms with van der Waals surface area (Å²) >= 11 is 3.14. The molecule has 9 nitrogen and oxygen atoms in total. The minimum absolute atomic E-state index is 0.0740. The smallest absolute Gasteiger partial charge is 0.313 e. The number of rotatable bonds is 4. The Hall–Kier alpha value is -2.88. The topological polar surface area (TPSA) is 119 Å². The van der Waals surface area contributed by atoms with Gasteiger partial charge in [-0.2, -0.15) is 10.1 Å². The summed E-state index contributed by atoms with van der Waals surface area (Å²) in [6.45, 7) is 1.13. The second-order valence-electron chi connectivity index (χ2n) is 6.93. The van der Waals surface area contributed by atoms with Crippen LogP contribution >= 0.6 is 15.9 Å². The Labute approximate surface area is 167 Å². The van der Waals surface area contributed by atoms with E-state index in [0.29, 0.717) is 0 Å². The Morgan fingerprint density at radius 1 is 1.29 bits per heavy atom. The number of imide groups is 1. The largest absolute Gasteiger partial charge is 0.418 e. The summed E-state index contributed by atoms with van der Waals surface area (Å²) in [5, 5.41) is 16.2. The zero-order chi connectivity index (χ0) is 20.2. The predicted octanol–water partition coefficient (Wildman–Crippen LogP) is 2.42.